The second-order valence-electron chi connectivity index (χ2n) is 7.05. The number of nitrogens with zero attached hydrogens (tertiary/aromatic N) is 2. The summed E-state index contributed by atoms with van der Waals surface area (Å²) in [6.45, 7) is 3.35. The molecular formula is C20H21ClN2O5S. The largest absolute Gasteiger partial charge is 0.454 e. The molecule has 0 atom stereocenters. The molecule has 0 spiro atoms. The normalized spacial score (nSPS) is 17.2. The highest BCUT2D eigenvalue weighted by atomic mass is 35.5. The number of fused-ring (bicyclic) bond motifs is 1. The van der Waals surface area contributed by atoms with Gasteiger partial charge < -0.3 is 14.4 Å². The molecule has 1 amide bonds. The maximum absolute atomic E-state index is 13.0. The van der Waals surface area contributed by atoms with E-state index in [0.29, 0.717) is 48.1 Å². The zero-order valence-electron chi connectivity index (χ0n) is 15.9. The lowest BCUT2D eigenvalue weighted by Crippen LogP contribution is -2.37. The van der Waals surface area contributed by atoms with Crippen LogP contribution >= 0.6 is 11.6 Å². The van der Waals surface area contributed by atoms with E-state index in [1.54, 1.807) is 41.3 Å². The molecule has 9 heteroatoms. The van der Waals surface area contributed by atoms with Crippen LogP contribution in [0.25, 0.3) is 0 Å². The van der Waals surface area contributed by atoms with Gasteiger partial charge in [0.25, 0.3) is 5.91 Å². The summed E-state index contributed by atoms with van der Waals surface area (Å²) >= 11 is 6.19. The number of carbonyl (C=O) groups is 1. The van der Waals surface area contributed by atoms with Crippen LogP contribution in [-0.2, 0) is 10.0 Å². The number of halogens is 1. The minimum atomic E-state index is -3.59. The summed E-state index contributed by atoms with van der Waals surface area (Å²) in [5, 5.41) is 0.321. The molecular weight excluding hydrogens is 416 g/mol. The van der Waals surface area contributed by atoms with Crippen molar-refractivity contribution in [2.45, 2.75) is 18.2 Å². The quantitative estimate of drug-likeness (QED) is 0.739. The standard InChI is InChI=1S/C20H21ClN2O5S/c1-14-3-5-16(6-4-14)29(25,26)23-8-2-7-22(9-10-23)20(24)15-11-17(21)19-18(12-15)27-13-28-19/h3-6,11-12H,2,7-10,13H2,1H3. The van der Waals surface area contributed by atoms with Crippen LogP contribution in [0.3, 0.4) is 0 Å². The average molecular weight is 437 g/mol. The first-order valence-electron chi connectivity index (χ1n) is 9.31. The molecule has 2 aliphatic rings. The first-order valence-corrected chi connectivity index (χ1v) is 11.1. The summed E-state index contributed by atoms with van der Waals surface area (Å²) < 4.78 is 37.9. The third-order valence-corrected chi connectivity index (χ3v) is 7.27. The Morgan fingerprint density at radius 1 is 1.03 bits per heavy atom. The van der Waals surface area contributed by atoms with Crippen LogP contribution in [0.1, 0.15) is 22.3 Å². The van der Waals surface area contributed by atoms with Crippen LogP contribution in [0.4, 0.5) is 0 Å². The molecule has 154 valence electrons. The van der Waals surface area contributed by atoms with Gasteiger partial charge in [0.05, 0.1) is 9.92 Å². The molecule has 7 nitrogen and oxygen atoms in total. The van der Waals surface area contributed by atoms with Gasteiger partial charge in [0.1, 0.15) is 0 Å². The Balaban J connectivity index is 1.50. The predicted octanol–water partition coefficient (Wildman–Crippen LogP) is 2.91. The molecule has 0 N–H and O–H groups in total. The topological polar surface area (TPSA) is 76.2 Å². The highest BCUT2D eigenvalue weighted by Gasteiger charge is 2.29. The monoisotopic (exact) mass is 436 g/mol. The number of amides is 1. The predicted molar refractivity (Wildman–Crippen MR) is 108 cm³/mol. The van der Waals surface area contributed by atoms with Crippen molar-refractivity contribution in [3.05, 3.63) is 52.5 Å². The lowest BCUT2D eigenvalue weighted by atomic mass is 10.1. The molecule has 0 radical (unpaired) electrons. The van der Waals surface area contributed by atoms with Gasteiger partial charge in [-0.1, -0.05) is 29.3 Å². The Bertz CT molecular complexity index is 1040. The summed E-state index contributed by atoms with van der Waals surface area (Å²) in [7, 11) is -3.59. The third-order valence-electron chi connectivity index (χ3n) is 5.08. The Morgan fingerprint density at radius 2 is 1.79 bits per heavy atom. The summed E-state index contributed by atoms with van der Waals surface area (Å²) in [4.78, 5) is 14.9. The van der Waals surface area contributed by atoms with Crippen molar-refractivity contribution < 1.29 is 22.7 Å². The number of sulfonamides is 1. The third kappa shape index (κ3) is 3.92. The van der Waals surface area contributed by atoms with E-state index >= 15 is 0 Å². The second-order valence-corrected chi connectivity index (χ2v) is 9.40. The molecule has 2 aliphatic heterocycles. The Hall–Kier alpha value is -2.29. The molecule has 0 aromatic heterocycles. The zero-order chi connectivity index (χ0) is 20.6. The van der Waals surface area contributed by atoms with Crippen LogP contribution in [0.15, 0.2) is 41.3 Å². The number of aryl methyl sites for hydroxylation is 1. The number of hydrogen-bond acceptors (Lipinski definition) is 5. The SMILES string of the molecule is Cc1ccc(S(=O)(=O)N2CCCN(C(=O)c3cc(Cl)c4c(c3)OCO4)CC2)cc1. The fraction of sp³-hybridized carbons (Fsp3) is 0.350. The van der Waals surface area contributed by atoms with Crippen molar-refractivity contribution in [1.82, 2.24) is 9.21 Å². The summed E-state index contributed by atoms with van der Waals surface area (Å²) in [6.07, 6.45) is 0.551. The highest BCUT2D eigenvalue weighted by molar-refractivity contribution is 7.89. The van der Waals surface area contributed by atoms with Crippen molar-refractivity contribution in [3.8, 4) is 11.5 Å². The van der Waals surface area contributed by atoms with E-state index in [2.05, 4.69) is 0 Å². The summed E-state index contributed by atoms with van der Waals surface area (Å²) in [5.41, 5.74) is 1.40. The van der Waals surface area contributed by atoms with Gasteiger partial charge in [-0.05, 0) is 37.6 Å². The van der Waals surface area contributed by atoms with Crippen LogP contribution < -0.4 is 9.47 Å². The van der Waals surface area contributed by atoms with Gasteiger partial charge in [-0.15, -0.1) is 0 Å². The molecule has 0 unspecified atom stereocenters. The molecule has 29 heavy (non-hydrogen) atoms. The van der Waals surface area contributed by atoms with E-state index in [4.69, 9.17) is 21.1 Å². The van der Waals surface area contributed by atoms with E-state index in [-0.39, 0.29) is 24.1 Å². The van der Waals surface area contributed by atoms with Gasteiger partial charge in [-0.3, -0.25) is 4.79 Å². The van der Waals surface area contributed by atoms with Crippen LogP contribution in [0, 0.1) is 6.92 Å². The van der Waals surface area contributed by atoms with Crippen LogP contribution in [-0.4, -0.2) is 56.5 Å². The maximum Gasteiger partial charge on any atom is 0.254 e. The first kappa shape index (κ1) is 20.0. The molecule has 0 saturated carbocycles. The molecule has 0 bridgehead atoms. The van der Waals surface area contributed by atoms with E-state index in [1.807, 2.05) is 6.92 Å². The number of hydrogen-bond donors (Lipinski definition) is 0. The van der Waals surface area contributed by atoms with Gasteiger partial charge in [0.15, 0.2) is 11.5 Å². The van der Waals surface area contributed by atoms with Crippen molar-refractivity contribution in [2.24, 2.45) is 0 Å². The molecule has 2 heterocycles. The van der Waals surface area contributed by atoms with Crippen molar-refractivity contribution >= 4 is 27.5 Å². The number of carbonyl (C=O) groups excluding carboxylic acids is 1. The van der Waals surface area contributed by atoms with E-state index in [9.17, 15) is 13.2 Å². The first-order chi connectivity index (χ1) is 13.9. The Labute approximate surface area is 174 Å². The molecule has 0 aliphatic carbocycles. The lowest BCUT2D eigenvalue weighted by molar-refractivity contribution is 0.0764. The van der Waals surface area contributed by atoms with Gasteiger partial charge in [0, 0.05) is 31.7 Å². The van der Waals surface area contributed by atoms with Crippen LogP contribution in [0.5, 0.6) is 11.5 Å². The van der Waals surface area contributed by atoms with Gasteiger partial charge in [0.2, 0.25) is 16.8 Å². The van der Waals surface area contributed by atoms with Gasteiger partial charge >= 0.3 is 0 Å². The van der Waals surface area contributed by atoms with E-state index < -0.39 is 10.0 Å². The van der Waals surface area contributed by atoms with Crippen molar-refractivity contribution in [1.29, 1.82) is 0 Å². The minimum Gasteiger partial charge on any atom is -0.454 e. The van der Waals surface area contributed by atoms with Gasteiger partial charge in [-0.25, -0.2) is 8.42 Å². The fourth-order valence-corrected chi connectivity index (χ4v) is 5.20. The summed E-state index contributed by atoms with van der Waals surface area (Å²) in [6, 6.07) is 9.97. The lowest BCUT2D eigenvalue weighted by Gasteiger charge is -2.22. The Kier molecular flexibility index (Phi) is 5.42. The number of ether oxygens (including phenoxy) is 2. The smallest absolute Gasteiger partial charge is 0.254 e. The van der Waals surface area contributed by atoms with E-state index in [1.165, 1.54) is 4.31 Å². The minimum absolute atomic E-state index is 0.0717. The number of benzene rings is 2. The zero-order valence-corrected chi connectivity index (χ0v) is 17.5. The molecule has 2 aromatic carbocycles. The molecule has 4 rings (SSSR count). The second kappa shape index (κ2) is 7.85. The number of rotatable bonds is 3. The molecule has 1 fully saturated rings. The Morgan fingerprint density at radius 3 is 2.55 bits per heavy atom. The molecule has 1 saturated heterocycles. The molecule has 2 aromatic rings. The highest BCUT2D eigenvalue weighted by Crippen LogP contribution is 2.40. The average Bonchev–Trinajstić information content (AvgIpc) is 3.03. The van der Waals surface area contributed by atoms with Crippen LogP contribution in [0.2, 0.25) is 5.02 Å². The fourth-order valence-electron chi connectivity index (χ4n) is 3.47. The maximum atomic E-state index is 13.0. The van der Waals surface area contributed by atoms with Gasteiger partial charge in [-0.2, -0.15) is 4.31 Å². The van der Waals surface area contributed by atoms with Crippen molar-refractivity contribution in [3.63, 3.8) is 0 Å². The van der Waals surface area contributed by atoms with Crippen molar-refractivity contribution in [2.75, 3.05) is 33.0 Å². The van der Waals surface area contributed by atoms with E-state index in [0.717, 1.165) is 5.56 Å². The summed E-state index contributed by atoms with van der Waals surface area (Å²) in [5.74, 6) is 0.675.